The standard InChI is InChI=1S/C24H41N4OP/c1-25(2)23-14-12-22(13-15-23)24(26-16-6-3-7-17-26)30(29,27-18-8-4-9-19-27)28-20-10-5-11-21-28/h12-15,24H,3-11,16-21H2,1-2H3/p+1. The number of nitrogens with one attached hydrogen (secondary N) is 1. The Balaban J connectivity index is 1.76. The third-order valence-electron chi connectivity index (χ3n) is 7.42. The molecular formula is C24H42N4OP+. The zero-order chi connectivity index (χ0) is 21.0. The summed E-state index contributed by atoms with van der Waals surface area (Å²) in [6.07, 6.45) is 11.2. The summed E-state index contributed by atoms with van der Waals surface area (Å²) in [6.45, 7) is 6.35. The van der Waals surface area contributed by atoms with Gasteiger partial charge in [0.1, 0.15) is 0 Å². The van der Waals surface area contributed by atoms with Crippen molar-refractivity contribution in [2.75, 3.05) is 58.3 Å². The number of piperidine rings is 3. The highest BCUT2D eigenvalue weighted by Gasteiger charge is 2.51. The fourth-order valence-electron chi connectivity index (χ4n) is 5.73. The molecule has 1 unspecified atom stereocenters. The van der Waals surface area contributed by atoms with Gasteiger partial charge in [-0.1, -0.05) is 25.0 Å². The second-order valence-corrected chi connectivity index (χ2v) is 12.6. The Morgan fingerprint density at radius 2 is 1.23 bits per heavy atom. The number of hydrogen-bond acceptors (Lipinski definition) is 2. The largest absolute Gasteiger partial charge is 0.378 e. The summed E-state index contributed by atoms with van der Waals surface area (Å²) in [5.74, 6) is 0.0882. The maximum Gasteiger partial charge on any atom is 0.277 e. The zero-order valence-electron chi connectivity index (χ0n) is 19.2. The minimum Gasteiger partial charge on any atom is -0.378 e. The highest BCUT2D eigenvalue weighted by atomic mass is 31.2. The lowest BCUT2D eigenvalue weighted by molar-refractivity contribution is -0.922. The molecule has 5 nitrogen and oxygen atoms in total. The van der Waals surface area contributed by atoms with Crippen LogP contribution in [0.5, 0.6) is 0 Å². The summed E-state index contributed by atoms with van der Waals surface area (Å²) >= 11 is 0. The first-order valence-electron chi connectivity index (χ1n) is 12.3. The molecule has 0 aromatic heterocycles. The number of likely N-dealkylation sites (tertiary alicyclic amines) is 1. The van der Waals surface area contributed by atoms with Crippen molar-refractivity contribution in [3.05, 3.63) is 29.8 Å². The lowest BCUT2D eigenvalue weighted by Crippen LogP contribution is -3.13. The normalized spacial score (nSPS) is 23.9. The van der Waals surface area contributed by atoms with E-state index in [1.54, 1.807) is 4.90 Å². The van der Waals surface area contributed by atoms with E-state index in [4.69, 9.17) is 0 Å². The molecular weight excluding hydrogens is 391 g/mol. The number of nitrogens with zero attached hydrogens (tertiary/aromatic N) is 3. The van der Waals surface area contributed by atoms with Gasteiger partial charge in [0.25, 0.3) is 7.44 Å². The summed E-state index contributed by atoms with van der Waals surface area (Å²) in [4.78, 5) is 3.72. The molecule has 3 fully saturated rings. The number of rotatable bonds is 6. The van der Waals surface area contributed by atoms with Gasteiger partial charge in [-0.2, -0.15) is 0 Å². The molecule has 0 amide bonds. The van der Waals surface area contributed by atoms with E-state index in [-0.39, 0.29) is 5.78 Å². The van der Waals surface area contributed by atoms with Crippen molar-refractivity contribution in [3.63, 3.8) is 0 Å². The van der Waals surface area contributed by atoms with Crippen molar-refractivity contribution in [2.45, 2.75) is 63.6 Å². The molecule has 3 aliphatic heterocycles. The zero-order valence-corrected chi connectivity index (χ0v) is 20.1. The molecule has 0 saturated carbocycles. The molecule has 4 rings (SSSR count). The summed E-state index contributed by atoms with van der Waals surface area (Å²) in [5.41, 5.74) is 2.51. The number of benzene rings is 1. The second kappa shape index (κ2) is 10.2. The third-order valence-corrected chi connectivity index (χ3v) is 11.2. The van der Waals surface area contributed by atoms with E-state index in [9.17, 15) is 0 Å². The van der Waals surface area contributed by atoms with Crippen LogP contribution in [-0.2, 0) is 4.57 Å². The fourth-order valence-corrected chi connectivity index (χ4v) is 9.75. The Bertz CT molecular complexity index is 682. The van der Waals surface area contributed by atoms with Gasteiger partial charge >= 0.3 is 0 Å². The Labute approximate surface area is 183 Å². The molecule has 0 bridgehead atoms. The molecule has 0 aliphatic carbocycles. The van der Waals surface area contributed by atoms with Crippen molar-refractivity contribution in [1.82, 2.24) is 9.34 Å². The van der Waals surface area contributed by atoms with Gasteiger partial charge in [0.15, 0.2) is 5.78 Å². The van der Waals surface area contributed by atoms with Crippen molar-refractivity contribution in [1.29, 1.82) is 0 Å². The van der Waals surface area contributed by atoms with Crippen molar-refractivity contribution in [2.24, 2.45) is 0 Å². The molecule has 0 spiro atoms. The topological polar surface area (TPSA) is 31.2 Å². The monoisotopic (exact) mass is 433 g/mol. The van der Waals surface area contributed by atoms with Crippen LogP contribution < -0.4 is 9.80 Å². The second-order valence-electron chi connectivity index (χ2n) is 9.73. The van der Waals surface area contributed by atoms with Crippen LogP contribution in [0.4, 0.5) is 5.69 Å². The van der Waals surface area contributed by atoms with Crippen LogP contribution in [-0.4, -0.2) is 62.7 Å². The molecule has 1 N–H and O–H groups in total. The van der Waals surface area contributed by atoms with Crippen LogP contribution in [0.25, 0.3) is 0 Å². The van der Waals surface area contributed by atoms with E-state index >= 15 is 4.57 Å². The summed E-state index contributed by atoms with van der Waals surface area (Å²) < 4.78 is 20.3. The first kappa shape index (κ1) is 22.3. The van der Waals surface area contributed by atoms with Crippen LogP contribution in [0, 0.1) is 0 Å². The maximum atomic E-state index is 15.4. The third kappa shape index (κ3) is 4.65. The van der Waals surface area contributed by atoms with E-state index in [1.165, 1.54) is 69.0 Å². The molecule has 30 heavy (non-hydrogen) atoms. The van der Waals surface area contributed by atoms with Gasteiger partial charge in [0.2, 0.25) is 0 Å². The summed E-state index contributed by atoms with van der Waals surface area (Å²) in [7, 11) is 1.49. The lowest BCUT2D eigenvalue weighted by Gasteiger charge is -2.47. The Kier molecular flexibility index (Phi) is 7.57. The Hall–Kier alpha value is -0.870. The average molecular weight is 434 g/mol. The molecule has 168 valence electrons. The van der Waals surface area contributed by atoms with Crippen LogP contribution in [0.1, 0.15) is 69.1 Å². The predicted molar refractivity (Wildman–Crippen MR) is 127 cm³/mol. The molecule has 3 heterocycles. The van der Waals surface area contributed by atoms with Crippen molar-refractivity contribution >= 4 is 13.1 Å². The van der Waals surface area contributed by atoms with Gasteiger partial charge in [0.05, 0.1) is 13.1 Å². The Morgan fingerprint density at radius 3 is 1.70 bits per heavy atom. The number of hydrogen-bond donors (Lipinski definition) is 1. The van der Waals surface area contributed by atoms with Crippen LogP contribution >= 0.6 is 7.44 Å². The predicted octanol–water partition coefficient (Wildman–Crippen LogP) is 3.98. The molecule has 1 aromatic rings. The molecule has 0 radical (unpaired) electrons. The smallest absolute Gasteiger partial charge is 0.277 e. The van der Waals surface area contributed by atoms with Crippen LogP contribution in [0.2, 0.25) is 0 Å². The van der Waals surface area contributed by atoms with Gasteiger partial charge < -0.3 is 9.80 Å². The van der Waals surface area contributed by atoms with Gasteiger partial charge in [-0.25, -0.2) is 9.34 Å². The Morgan fingerprint density at radius 1 is 0.767 bits per heavy atom. The van der Waals surface area contributed by atoms with Crippen LogP contribution in [0.3, 0.4) is 0 Å². The van der Waals surface area contributed by atoms with E-state index in [0.29, 0.717) is 0 Å². The summed E-state index contributed by atoms with van der Waals surface area (Å²) in [5, 5.41) is 0. The van der Waals surface area contributed by atoms with E-state index in [2.05, 4.69) is 52.6 Å². The highest BCUT2D eigenvalue weighted by Crippen LogP contribution is 2.63. The molecule has 1 aromatic carbocycles. The van der Waals surface area contributed by atoms with Gasteiger partial charge in [-0.15, -0.1) is 0 Å². The van der Waals surface area contributed by atoms with Crippen LogP contribution in [0.15, 0.2) is 24.3 Å². The molecule has 1 atom stereocenters. The molecule has 6 heteroatoms. The van der Waals surface area contributed by atoms with Crippen molar-refractivity contribution in [3.8, 4) is 0 Å². The van der Waals surface area contributed by atoms with E-state index in [1.807, 2.05) is 0 Å². The molecule has 3 saturated heterocycles. The number of quaternary nitrogens is 1. The van der Waals surface area contributed by atoms with Gasteiger partial charge in [-0.05, 0) is 57.1 Å². The van der Waals surface area contributed by atoms with Gasteiger partial charge in [-0.3, -0.25) is 4.57 Å². The minimum absolute atomic E-state index is 0.0882. The SMILES string of the molecule is CN(C)c1ccc(C([NH+]2CCCCC2)P(=O)(N2CCCCC2)N2CCCCC2)cc1. The van der Waals surface area contributed by atoms with Crippen molar-refractivity contribution < 1.29 is 9.46 Å². The summed E-state index contributed by atoms with van der Waals surface area (Å²) in [6, 6.07) is 9.01. The van der Waals surface area contributed by atoms with E-state index < -0.39 is 7.44 Å². The molecule has 3 aliphatic rings. The number of anilines is 1. The van der Waals surface area contributed by atoms with E-state index in [0.717, 1.165) is 39.3 Å². The first-order chi connectivity index (χ1) is 14.6. The highest BCUT2D eigenvalue weighted by molar-refractivity contribution is 7.59. The lowest BCUT2D eigenvalue weighted by atomic mass is 10.1. The van der Waals surface area contributed by atoms with Gasteiger partial charge in [0, 0.05) is 51.5 Å². The minimum atomic E-state index is -2.69. The maximum absolute atomic E-state index is 15.4. The first-order valence-corrected chi connectivity index (χ1v) is 14.0. The quantitative estimate of drug-likeness (QED) is 0.688. The average Bonchev–Trinajstić information content (AvgIpc) is 2.81. The fraction of sp³-hybridized carbons (Fsp3) is 0.750.